The Morgan fingerprint density at radius 3 is 1.73 bits per heavy atom. The van der Waals surface area contributed by atoms with Crippen LogP contribution in [0.25, 0.3) is 0 Å². The van der Waals surface area contributed by atoms with Gasteiger partial charge in [-0.05, 0) is 94.8 Å². The lowest BCUT2D eigenvalue weighted by molar-refractivity contribution is -0.385. The Morgan fingerprint density at radius 1 is 0.756 bits per heavy atom. The number of carbonyl (C=O) groups excluding carboxylic acids is 2. The van der Waals surface area contributed by atoms with Gasteiger partial charge in [0.15, 0.2) is 5.75 Å². The lowest BCUT2D eigenvalue weighted by Crippen LogP contribution is -2.39. The molecule has 0 saturated carbocycles. The number of hydrogen-bond acceptors (Lipinski definition) is 8. The van der Waals surface area contributed by atoms with Crippen LogP contribution in [-0.2, 0) is 35.4 Å². The molecular formula is C30H41N3O8. The van der Waals surface area contributed by atoms with Crippen LogP contribution in [0, 0.1) is 10.1 Å². The second-order valence-corrected chi connectivity index (χ2v) is 12.0. The number of nitro groups is 1. The number of methoxy groups -OCH3 is 2. The number of benzene rings is 2. The number of amides is 2. The number of nitro benzene ring substituents is 1. The molecule has 11 heteroatoms. The van der Waals surface area contributed by atoms with Gasteiger partial charge in [0.05, 0.1) is 19.1 Å². The van der Waals surface area contributed by atoms with Crippen LogP contribution < -0.4 is 9.47 Å². The Balaban J connectivity index is 0.000000228. The van der Waals surface area contributed by atoms with Gasteiger partial charge in [-0.15, -0.1) is 0 Å². The van der Waals surface area contributed by atoms with Crippen molar-refractivity contribution in [2.45, 2.75) is 78.7 Å². The Morgan fingerprint density at radius 2 is 1.27 bits per heavy atom. The summed E-state index contributed by atoms with van der Waals surface area (Å²) in [5.74, 6) is 1.03. The lowest BCUT2D eigenvalue weighted by atomic mass is 9.98. The summed E-state index contributed by atoms with van der Waals surface area (Å²) in [6.45, 7) is 13.2. The summed E-state index contributed by atoms with van der Waals surface area (Å²) in [6.07, 6.45) is 0.786. The zero-order valence-electron chi connectivity index (χ0n) is 25.2. The van der Waals surface area contributed by atoms with E-state index in [1.54, 1.807) is 23.0 Å². The molecule has 41 heavy (non-hydrogen) atoms. The fraction of sp³-hybridized carbons (Fsp3) is 0.533. The van der Waals surface area contributed by atoms with Crippen molar-refractivity contribution in [3.8, 4) is 11.5 Å². The van der Waals surface area contributed by atoms with E-state index in [2.05, 4.69) is 6.07 Å². The van der Waals surface area contributed by atoms with Crippen molar-refractivity contribution in [1.82, 2.24) is 9.80 Å². The van der Waals surface area contributed by atoms with E-state index in [1.165, 1.54) is 18.7 Å². The first-order valence-corrected chi connectivity index (χ1v) is 13.6. The van der Waals surface area contributed by atoms with E-state index >= 15 is 0 Å². The quantitative estimate of drug-likeness (QED) is 0.331. The molecule has 0 spiro atoms. The number of nitrogens with zero attached hydrogens (tertiary/aromatic N) is 3. The van der Waals surface area contributed by atoms with Gasteiger partial charge in [-0.25, -0.2) is 9.59 Å². The average molecular weight is 572 g/mol. The average Bonchev–Trinajstić information content (AvgIpc) is 2.89. The van der Waals surface area contributed by atoms with Crippen molar-refractivity contribution in [3.63, 3.8) is 0 Å². The second kappa shape index (κ2) is 12.7. The minimum Gasteiger partial charge on any atom is -0.497 e. The first kappa shape index (κ1) is 31.5. The minimum absolute atomic E-state index is 0.0491. The maximum Gasteiger partial charge on any atom is 0.410 e. The molecule has 0 bridgehead atoms. The molecule has 224 valence electrons. The van der Waals surface area contributed by atoms with Gasteiger partial charge >= 0.3 is 17.9 Å². The van der Waals surface area contributed by atoms with Crippen LogP contribution in [0.5, 0.6) is 11.5 Å². The summed E-state index contributed by atoms with van der Waals surface area (Å²) in [7, 11) is 3.04. The smallest absolute Gasteiger partial charge is 0.410 e. The third kappa shape index (κ3) is 8.73. The van der Waals surface area contributed by atoms with Gasteiger partial charge < -0.3 is 28.7 Å². The predicted molar refractivity (Wildman–Crippen MR) is 153 cm³/mol. The van der Waals surface area contributed by atoms with Crippen LogP contribution in [0.1, 0.15) is 63.8 Å². The summed E-state index contributed by atoms with van der Waals surface area (Å²) in [5, 5.41) is 11.0. The highest BCUT2D eigenvalue weighted by Gasteiger charge is 2.29. The summed E-state index contributed by atoms with van der Waals surface area (Å²) in [4.78, 5) is 38.1. The van der Waals surface area contributed by atoms with Crippen molar-refractivity contribution >= 4 is 17.9 Å². The summed E-state index contributed by atoms with van der Waals surface area (Å²) in [6, 6.07) is 9.18. The Hall–Kier alpha value is -4.02. The maximum atomic E-state index is 12.1. The van der Waals surface area contributed by atoms with Crippen LogP contribution in [0.3, 0.4) is 0 Å². The normalized spacial score (nSPS) is 14.5. The van der Waals surface area contributed by atoms with Crippen LogP contribution in [0.15, 0.2) is 30.3 Å². The molecule has 0 aromatic heterocycles. The third-order valence-corrected chi connectivity index (χ3v) is 6.44. The molecule has 0 N–H and O–H groups in total. The topological polar surface area (TPSA) is 121 Å². The van der Waals surface area contributed by atoms with Gasteiger partial charge in [-0.3, -0.25) is 10.1 Å². The van der Waals surface area contributed by atoms with Gasteiger partial charge in [0.25, 0.3) is 0 Å². The van der Waals surface area contributed by atoms with E-state index in [4.69, 9.17) is 18.9 Å². The zero-order chi connectivity index (χ0) is 30.5. The largest absolute Gasteiger partial charge is 0.497 e. The molecule has 2 heterocycles. The highest BCUT2D eigenvalue weighted by atomic mass is 16.6. The zero-order valence-corrected chi connectivity index (χ0v) is 25.2. The Kier molecular flexibility index (Phi) is 9.73. The first-order valence-electron chi connectivity index (χ1n) is 13.6. The van der Waals surface area contributed by atoms with Crippen molar-refractivity contribution in [3.05, 3.63) is 62.7 Å². The van der Waals surface area contributed by atoms with E-state index in [9.17, 15) is 19.7 Å². The van der Waals surface area contributed by atoms with E-state index in [-0.39, 0.29) is 23.6 Å². The fourth-order valence-corrected chi connectivity index (χ4v) is 4.50. The molecule has 0 saturated heterocycles. The van der Waals surface area contributed by atoms with Crippen molar-refractivity contribution < 1.29 is 33.5 Å². The molecule has 2 aliphatic rings. The minimum atomic E-state index is -0.551. The Bertz CT molecular complexity index is 1280. The van der Waals surface area contributed by atoms with E-state index in [1.807, 2.05) is 53.7 Å². The van der Waals surface area contributed by atoms with Crippen LogP contribution in [0.2, 0.25) is 0 Å². The number of carbonyl (C=O) groups is 2. The predicted octanol–water partition coefficient (Wildman–Crippen LogP) is 5.89. The van der Waals surface area contributed by atoms with Crippen molar-refractivity contribution in [2.24, 2.45) is 0 Å². The summed E-state index contributed by atoms with van der Waals surface area (Å²) in [5.41, 5.74) is 3.08. The van der Waals surface area contributed by atoms with Crippen LogP contribution in [0.4, 0.5) is 15.3 Å². The van der Waals surface area contributed by atoms with Crippen molar-refractivity contribution in [2.75, 3.05) is 27.3 Å². The molecule has 4 rings (SSSR count). The number of hydrogen-bond donors (Lipinski definition) is 0. The highest BCUT2D eigenvalue weighted by molar-refractivity contribution is 5.69. The maximum absolute atomic E-state index is 12.1. The first-order chi connectivity index (χ1) is 19.1. The molecule has 2 amide bonds. The SMILES string of the molecule is COc1cc2c(cc1[N+](=O)[O-])CCN(C(=O)OC(C)(C)C)C2.COc1ccc2c(c1)CN(C(=O)OC(C)(C)C)CC2. The summed E-state index contributed by atoms with van der Waals surface area (Å²) < 4.78 is 21.1. The second-order valence-electron chi connectivity index (χ2n) is 12.0. The number of rotatable bonds is 3. The molecule has 0 radical (unpaired) electrons. The molecule has 0 fully saturated rings. The molecule has 2 aromatic carbocycles. The molecule has 11 nitrogen and oxygen atoms in total. The summed E-state index contributed by atoms with van der Waals surface area (Å²) >= 11 is 0. The monoisotopic (exact) mass is 571 g/mol. The Labute approximate surface area is 241 Å². The lowest BCUT2D eigenvalue weighted by Gasteiger charge is -2.31. The van der Waals surface area contributed by atoms with Gasteiger partial charge in [-0.2, -0.15) is 0 Å². The molecule has 0 aliphatic carbocycles. The van der Waals surface area contributed by atoms with E-state index in [0.29, 0.717) is 32.6 Å². The van der Waals surface area contributed by atoms with Crippen LogP contribution >= 0.6 is 0 Å². The van der Waals surface area contributed by atoms with Gasteiger partial charge in [-0.1, -0.05) is 6.07 Å². The molecule has 0 atom stereocenters. The van der Waals surface area contributed by atoms with Crippen molar-refractivity contribution in [1.29, 1.82) is 0 Å². The molecule has 2 aliphatic heterocycles. The van der Waals surface area contributed by atoms with Crippen LogP contribution in [-0.4, -0.2) is 65.4 Å². The highest BCUT2D eigenvalue weighted by Crippen LogP contribution is 2.33. The molecule has 0 unspecified atom stereocenters. The van der Waals surface area contributed by atoms with E-state index < -0.39 is 16.1 Å². The number of ether oxygens (including phenoxy) is 4. The van der Waals surface area contributed by atoms with Gasteiger partial charge in [0.1, 0.15) is 17.0 Å². The standard InChI is InChI=1S/C15H20N2O5.C15H21NO3/c1-15(2,3)22-14(18)16-6-5-10-7-12(17(19)20)13(21-4)8-11(10)9-16;1-15(2,3)19-14(17)16-8-7-11-5-6-13(18-4)9-12(11)10-16/h7-8H,5-6,9H2,1-4H3;5-6,9H,7-8,10H2,1-4H3. The molecule has 2 aromatic rings. The van der Waals surface area contributed by atoms with Gasteiger partial charge in [0.2, 0.25) is 0 Å². The van der Waals surface area contributed by atoms with Gasteiger partial charge in [0, 0.05) is 32.2 Å². The number of fused-ring (bicyclic) bond motifs is 2. The third-order valence-electron chi connectivity index (χ3n) is 6.44. The fourth-order valence-electron chi connectivity index (χ4n) is 4.50. The van der Waals surface area contributed by atoms with E-state index in [0.717, 1.165) is 28.9 Å². The molecular weight excluding hydrogens is 530 g/mol.